The molecular weight excluding hydrogens is 344 g/mol. The second-order valence-corrected chi connectivity index (χ2v) is 8.62. The summed E-state index contributed by atoms with van der Waals surface area (Å²) >= 11 is 0. The molecule has 0 spiro atoms. The van der Waals surface area contributed by atoms with E-state index in [9.17, 15) is 13.2 Å². The van der Waals surface area contributed by atoms with E-state index < -0.39 is 16.1 Å². The number of amides is 1. The lowest BCUT2D eigenvalue weighted by Gasteiger charge is -2.25. The number of aryl methyl sites for hydroxylation is 2. The standard InChI is InChI=1S/C16H26N4O4S/c1-11-15(13(3)24-17-11)25(22,23)18-12(2)16(21)20-9-6-14(10-20)19-7-4-5-8-19/h12,14,18H,4-10H2,1-3H3/t12-,14?/m0/s1. The smallest absolute Gasteiger partial charge is 0.246 e. The summed E-state index contributed by atoms with van der Waals surface area (Å²) in [5.74, 6) is 0.0388. The molecule has 1 unspecified atom stereocenters. The summed E-state index contributed by atoms with van der Waals surface area (Å²) in [7, 11) is -3.85. The maximum absolute atomic E-state index is 12.7. The third kappa shape index (κ3) is 3.73. The molecule has 0 radical (unpaired) electrons. The van der Waals surface area contributed by atoms with Crippen molar-refractivity contribution in [3.63, 3.8) is 0 Å². The summed E-state index contributed by atoms with van der Waals surface area (Å²) in [4.78, 5) is 16.9. The lowest BCUT2D eigenvalue weighted by atomic mass is 10.2. The Morgan fingerprint density at radius 2 is 1.96 bits per heavy atom. The summed E-state index contributed by atoms with van der Waals surface area (Å²) in [5, 5.41) is 3.67. The van der Waals surface area contributed by atoms with Crippen LogP contribution in [0, 0.1) is 13.8 Å². The minimum absolute atomic E-state index is 0.0171. The predicted octanol–water partition coefficient (Wildman–Crippen LogP) is 0.655. The van der Waals surface area contributed by atoms with Crippen molar-refractivity contribution in [3.8, 4) is 0 Å². The number of sulfonamides is 1. The number of hydrogen-bond acceptors (Lipinski definition) is 6. The molecule has 140 valence electrons. The molecule has 0 saturated carbocycles. The molecule has 0 bridgehead atoms. The number of rotatable bonds is 5. The van der Waals surface area contributed by atoms with Gasteiger partial charge in [0.15, 0.2) is 5.76 Å². The Hall–Kier alpha value is -1.45. The summed E-state index contributed by atoms with van der Waals surface area (Å²) < 4.78 is 32.5. The molecule has 2 atom stereocenters. The van der Waals surface area contributed by atoms with Crippen molar-refractivity contribution in [2.24, 2.45) is 0 Å². The van der Waals surface area contributed by atoms with Gasteiger partial charge in [0.2, 0.25) is 15.9 Å². The number of likely N-dealkylation sites (tertiary alicyclic amines) is 2. The van der Waals surface area contributed by atoms with Crippen LogP contribution in [0.5, 0.6) is 0 Å². The largest absolute Gasteiger partial charge is 0.360 e. The Kier molecular flexibility index (Phi) is 5.17. The van der Waals surface area contributed by atoms with Crippen LogP contribution >= 0.6 is 0 Å². The van der Waals surface area contributed by atoms with Crippen molar-refractivity contribution in [3.05, 3.63) is 11.5 Å². The van der Waals surface area contributed by atoms with Crippen LogP contribution in [0.25, 0.3) is 0 Å². The van der Waals surface area contributed by atoms with Gasteiger partial charge in [-0.15, -0.1) is 0 Å². The van der Waals surface area contributed by atoms with Gasteiger partial charge in [0.05, 0.1) is 6.04 Å². The number of nitrogens with one attached hydrogen (secondary N) is 1. The molecule has 2 aliphatic rings. The number of hydrogen-bond donors (Lipinski definition) is 1. The monoisotopic (exact) mass is 370 g/mol. The first-order valence-corrected chi connectivity index (χ1v) is 10.3. The van der Waals surface area contributed by atoms with Crippen LogP contribution in [0.2, 0.25) is 0 Å². The minimum Gasteiger partial charge on any atom is -0.360 e. The second-order valence-electron chi connectivity index (χ2n) is 6.97. The Morgan fingerprint density at radius 1 is 1.28 bits per heavy atom. The lowest BCUT2D eigenvalue weighted by molar-refractivity contribution is -0.131. The average Bonchev–Trinajstić information content (AvgIpc) is 3.26. The third-order valence-electron chi connectivity index (χ3n) is 5.07. The van der Waals surface area contributed by atoms with Gasteiger partial charge in [-0.1, -0.05) is 5.16 Å². The molecule has 1 amide bonds. The molecular formula is C16H26N4O4S. The minimum atomic E-state index is -3.85. The number of carbonyl (C=O) groups is 1. The first-order chi connectivity index (χ1) is 11.8. The summed E-state index contributed by atoms with van der Waals surface area (Å²) in [5.41, 5.74) is 0.292. The highest BCUT2D eigenvalue weighted by Gasteiger charge is 2.35. The first kappa shape index (κ1) is 18.3. The molecule has 2 saturated heterocycles. The van der Waals surface area contributed by atoms with Crippen molar-refractivity contribution in [1.82, 2.24) is 19.7 Å². The molecule has 1 aromatic rings. The number of carbonyl (C=O) groups excluding carboxylic acids is 1. The molecule has 0 aliphatic carbocycles. The maximum atomic E-state index is 12.7. The fourth-order valence-corrected chi connectivity index (χ4v) is 5.35. The third-order valence-corrected chi connectivity index (χ3v) is 6.86. The van der Waals surface area contributed by atoms with Crippen LogP contribution in [-0.4, -0.2) is 67.5 Å². The van der Waals surface area contributed by atoms with E-state index in [1.165, 1.54) is 12.8 Å². The molecule has 3 rings (SSSR count). The van der Waals surface area contributed by atoms with Gasteiger partial charge in [0.1, 0.15) is 10.6 Å². The molecule has 25 heavy (non-hydrogen) atoms. The molecule has 1 N–H and O–H groups in total. The van der Waals surface area contributed by atoms with E-state index in [1.807, 2.05) is 0 Å². The van der Waals surface area contributed by atoms with E-state index in [2.05, 4.69) is 14.8 Å². The van der Waals surface area contributed by atoms with Crippen LogP contribution in [-0.2, 0) is 14.8 Å². The molecule has 2 fully saturated rings. The first-order valence-electron chi connectivity index (χ1n) is 8.77. The van der Waals surface area contributed by atoms with Crippen LogP contribution in [0.3, 0.4) is 0 Å². The van der Waals surface area contributed by atoms with Gasteiger partial charge in [-0.2, -0.15) is 4.72 Å². The zero-order valence-electron chi connectivity index (χ0n) is 15.0. The Morgan fingerprint density at radius 3 is 2.56 bits per heavy atom. The quantitative estimate of drug-likeness (QED) is 0.818. The van der Waals surface area contributed by atoms with Crippen molar-refractivity contribution in [2.75, 3.05) is 26.2 Å². The number of aromatic nitrogens is 1. The predicted molar refractivity (Wildman–Crippen MR) is 91.6 cm³/mol. The van der Waals surface area contributed by atoms with Gasteiger partial charge < -0.3 is 9.42 Å². The summed E-state index contributed by atoms with van der Waals surface area (Å²) in [6, 6.07) is -0.422. The molecule has 0 aromatic carbocycles. The van der Waals surface area contributed by atoms with Crippen molar-refractivity contribution < 1.29 is 17.7 Å². The van der Waals surface area contributed by atoms with Gasteiger partial charge in [-0.3, -0.25) is 9.69 Å². The van der Waals surface area contributed by atoms with Crippen LogP contribution < -0.4 is 4.72 Å². The normalized spacial score (nSPS) is 23.3. The summed E-state index contributed by atoms with van der Waals surface area (Å²) in [6.07, 6.45) is 3.39. The van der Waals surface area contributed by atoms with Gasteiger partial charge in [-0.25, -0.2) is 8.42 Å². The highest BCUT2D eigenvalue weighted by molar-refractivity contribution is 7.89. The molecule has 1 aromatic heterocycles. The van der Waals surface area contributed by atoms with E-state index >= 15 is 0 Å². The topological polar surface area (TPSA) is 95.8 Å². The Bertz CT molecular complexity index is 720. The Labute approximate surface area is 148 Å². The molecule has 2 aliphatic heterocycles. The zero-order valence-corrected chi connectivity index (χ0v) is 15.8. The van der Waals surface area contributed by atoms with Crippen LogP contribution in [0.15, 0.2) is 9.42 Å². The van der Waals surface area contributed by atoms with E-state index in [1.54, 1.807) is 25.7 Å². The molecule has 9 heteroatoms. The van der Waals surface area contributed by atoms with Gasteiger partial charge in [0.25, 0.3) is 0 Å². The highest BCUT2D eigenvalue weighted by atomic mass is 32.2. The fourth-order valence-electron chi connectivity index (χ4n) is 3.82. The van der Waals surface area contributed by atoms with Crippen LogP contribution in [0.1, 0.15) is 37.6 Å². The van der Waals surface area contributed by atoms with E-state index in [0.717, 1.165) is 19.5 Å². The highest BCUT2D eigenvalue weighted by Crippen LogP contribution is 2.22. The van der Waals surface area contributed by atoms with Gasteiger partial charge >= 0.3 is 0 Å². The zero-order chi connectivity index (χ0) is 18.2. The van der Waals surface area contributed by atoms with E-state index in [-0.39, 0.29) is 16.6 Å². The van der Waals surface area contributed by atoms with E-state index in [4.69, 9.17) is 4.52 Å². The van der Waals surface area contributed by atoms with Gasteiger partial charge in [-0.05, 0) is 53.1 Å². The molecule has 8 nitrogen and oxygen atoms in total. The van der Waals surface area contributed by atoms with Gasteiger partial charge in [0, 0.05) is 19.1 Å². The van der Waals surface area contributed by atoms with Crippen LogP contribution in [0.4, 0.5) is 0 Å². The van der Waals surface area contributed by atoms with Crippen molar-refractivity contribution in [2.45, 2.75) is 57.0 Å². The fraction of sp³-hybridized carbons (Fsp3) is 0.750. The van der Waals surface area contributed by atoms with Crippen molar-refractivity contribution >= 4 is 15.9 Å². The SMILES string of the molecule is Cc1noc(C)c1S(=O)(=O)N[C@@H](C)C(=O)N1CCC(N2CCCC2)C1. The number of nitrogens with zero attached hydrogens (tertiary/aromatic N) is 3. The van der Waals surface area contributed by atoms with Crippen molar-refractivity contribution in [1.29, 1.82) is 0 Å². The molecule has 3 heterocycles. The second kappa shape index (κ2) is 7.05. The van der Waals surface area contributed by atoms with E-state index in [0.29, 0.717) is 24.8 Å². The average molecular weight is 370 g/mol. The lowest BCUT2D eigenvalue weighted by Crippen LogP contribution is -2.47. The summed E-state index contributed by atoms with van der Waals surface area (Å²) in [6.45, 7) is 8.25. The maximum Gasteiger partial charge on any atom is 0.246 e. The Balaban J connectivity index is 1.63.